The number of likely N-dealkylation sites (N-methyl/N-ethyl adjacent to an activating group) is 1. The maximum Gasteiger partial charge on any atom is 0.142 e. The first-order valence-corrected chi connectivity index (χ1v) is 5.91. The van der Waals surface area contributed by atoms with Crippen molar-refractivity contribution in [3.63, 3.8) is 0 Å². The van der Waals surface area contributed by atoms with Gasteiger partial charge in [0.2, 0.25) is 0 Å². The van der Waals surface area contributed by atoms with Gasteiger partial charge in [-0.3, -0.25) is 0 Å². The SMILES string of the molecule is CCOc1ccccc1N(C)CCOCCO. The van der Waals surface area contributed by atoms with E-state index in [2.05, 4.69) is 4.90 Å². The van der Waals surface area contributed by atoms with Gasteiger partial charge in [0.25, 0.3) is 0 Å². The first-order chi connectivity index (χ1) is 8.29. The van der Waals surface area contributed by atoms with Gasteiger partial charge in [-0.15, -0.1) is 0 Å². The van der Waals surface area contributed by atoms with Crippen molar-refractivity contribution >= 4 is 5.69 Å². The largest absolute Gasteiger partial charge is 0.492 e. The molecule has 1 rings (SSSR count). The van der Waals surface area contributed by atoms with Gasteiger partial charge in [-0.25, -0.2) is 0 Å². The number of nitrogens with zero attached hydrogens (tertiary/aromatic N) is 1. The van der Waals surface area contributed by atoms with E-state index in [1.165, 1.54) is 0 Å². The van der Waals surface area contributed by atoms with Crippen molar-refractivity contribution in [1.82, 2.24) is 0 Å². The maximum atomic E-state index is 8.60. The van der Waals surface area contributed by atoms with Gasteiger partial charge in [-0.1, -0.05) is 12.1 Å². The van der Waals surface area contributed by atoms with Crippen molar-refractivity contribution in [1.29, 1.82) is 0 Å². The molecule has 4 nitrogen and oxygen atoms in total. The summed E-state index contributed by atoms with van der Waals surface area (Å²) in [7, 11) is 2.00. The van der Waals surface area contributed by atoms with E-state index >= 15 is 0 Å². The molecule has 1 aromatic rings. The number of rotatable bonds is 8. The molecule has 0 aromatic heterocycles. The minimum atomic E-state index is 0.0687. The Morgan fingerprint density at radius 1 is 1.24 bits per heavy atom. The lowest BCUT2D eigenvalue weighted by Crippen LogP contribution is -2.23. The molecule has 0 saturated carbocycles. The zero-order valence-electron chi connectivity index (χ0n) is 10.6. The number of anilines is 1. The molecule has 0 aliphatic carbocycles. The lowest BCUT2D eigenvalue weighted by molar-refractivity contribution is 0.0971. The number of hydrogen-bond acceptors (Lipinski definition) is 4. The van der Waals surface area contributed by atoms with Gasteiger partial charge < -0.3 is 19.5 Å². The fourth-order valence-corrected chi connectivity index (χ4v) is 1.54. The molecule has 1 N–H and O–H groups in total. The van der Waals surface area contributed by atoms with Gasteiger partial charge in [0.15, 0.2) is 0 Å². The van der Waals surface area contributed by atoms with E-state index < -0.39 is 0 Å². The number of para-hydroxylation sites is 2. The van der Waals surface area contributed by atoms with Crippen molar-refractivity contribution in [3.05, 3.63) is 24.3 Å². The van der Waals surface area contributed by atoms with Crippen molar-refractivity contribution < 1.29 is 14.6 Å². The molecule has 1 aromatic carbocycles. The summed E-state index contributed by atoms with van der Waals surface area (Å²) in [5.41, 5.74) is 1.06. The molecule has 0 saturated heterocycles. The molecule has 96 valence electrons. The van der Waals surface area contributed by atoms with Crippen LogP contribution in [-0.4, -0.2) is 45.1 Å². The molecule has 0 amide bonds. The predicted molar refractivity (Wildman–Crippen MR) is 68.8 cm³/mol. The summed E-state index contributed by atoms with van der Waals surface area (Å²) in [6, 6.07) is 7.94. The summed E-state index contributed by atoms with van der Waals surface area (Å²) < 4.78 is 10.8. The Labute approximate surface area is 103 Å². The van der Waals surface area contributed by atoms with Crippen molar-refractivity contribution in [2.75, 3.05) is 44.9 Å². The van der Waals surface area contributed by atoms with Crippen LogP contribution < -0.4 is 9.64 Å². The third-order valence-electron chi connectivity index (χ3n) is 2.38. The van der Waals surface area contributed by atoms with E-state index in [9.17, 15) is 0 Å². The van der Waals surface area contributed by atoms with Crippen molar-refractivity contribution in [2.24, 2.45) is 0 Å². The third-order valence-corrected chi connectivity index (χ3v) is 2.38. The normalized spacial score (nSPS) is 10.3. The first kappa shape index (κ1) is 13.8. The predicted octanol–water partition coefficient (Wildman–Crippen LogP) is 1.53. The fourth-order valence-electron chi connectivity index (χ4n) is 1.54. The lowest BCUT2D eigenvalue weighted by Gasteiger charge is -2.21. The van der Waals surface area contributed by atoms with Crippen LogP contribution in [0, 0.1) is 0 Å². The Morgan fingerprint density at radius 3 is 2.71 bits per heavy atom. The quantitative estimate of drug-likeness (QED) is 0.699. The zero-order chi connectivity index (χ0) is 12.5. The van der Waals surface area contributed by atoms with Gasteiger partial charge in [-0.05, 0) is 19.1 Å². The Bertz CT molecular complexity index is 317. The second-order valence-corrected chi connectivity index (χ2v) is 3.66. The molecule has 0 spiro atoms. The van der Waals surface area contributed by atoms with E-state index in [0.717, 1.165) is 18.0 Å². The van der Waals surface area contributed by atoms with Gasteiger partial charge in [0.1, 0.15) is 5.75 Å². The average Bonchev–Trinajstić information content (AvgIpc) is 2.35. The molecule has 0 heterocycles. The first-order valence-electron chi connectivity index (χ1n) is 5.91. The van der Waals surface area contributed by atoms with E-state index in [-0.39, 0.29) is 6.61 Å². The minimum absolute atomic E-state index is 0.0687. The number of ether oxygens (including phenoxy) is 2. The number of aliphatic hydroxyl groups is 1. The highest BCUT2D eigenvalue weighted by molar-refractivity contribution is 5.57. The summed E-state index contributed by atoms with van der Waals surface area (Å²) in [4.78, 5) is 2.09. The van der Waals surface area contributed by atoms with E-state index in [0.29, 0.717) is 19.8 Å². The summed E-state index contributed by atoms with van der Waals surface area (Å²) in [6.07, 6.45) is 0. The molecule has 0 atom stereocenters. The van der Waals surface area contributed by atoms with Crippen LogP contribution in [0.5, 0.6) is 5.75 Å². The van der Waals surface area contributed by atoms with Gasteiger partial charge in [-0.2, -0.15) is 0 Å². The van der Waals surface area contributed by atoms with Gasteiger partial charge >= 0.3 is 0 Å². The highest BCUT2D eigenvalue weighted by atomic mass is 16.5. The molecular formula is C13H21NO3. The molecule has 4 heteroatoms. The molecule has 0 radical (unpaired) electrons. The highest BCUT2D eigenvalue weighted by Gasteiger charge is 2.07. The van der Waals surface area contributed by atoms with Crippen LogP contribution in [0.2, 0.25) is 0 Å². The van der Waals surface area contributed by atoms with Crippen LogP contribution >= 0.6 is 0 Å². The third kappa shape index (κ3) is 4.63. The van der Waals surface area contributed by atoms with Gasteiger partial charge in [0, 0.05) is 13.6 Å². The van der Waals surface area contributed by atoms with Crippen LogP contribution in [-0.2, 0) is 4.74 Å². The number of hydrogen-bond donors (Lipinski definition) is 1. The summed E-state index contributed by atoms with van der Waals surface area (Å²) in [6.45, 7) is 4.45. The Balaban J connectivity index is 2.52. The van der Waals surface area contributed by atoms with Crippen molar-refractivity contribution in [3.8, 4) is 5.75 Å². The second kappa shape index (κ2) is 7.92. The molecule has 0 unspecified atom stereocenters. The standard InChI is InChI=1S/C13H21NO3/c1-3-17-13-7-5-4-6-12(13)14(2)8-10-16-11-9-15/h4-7,15H,3,8-11H2,1-2H3. The highest BCUT2D eigenvalue weighted by Crippen LogP contribution is 2.26. The monoisotopic (exact) mass is 239 g/mol. The van der Waals surface area contributed by atoms with Crippen LogP contribution in [0.3, 0.4) is 0 Å². The summed E-state index contributed by atoms with van der Waals surface area (Å²) in [5.74, 6) is 0.889. The van der Waals surface area contributed by atoms with E-state index in [1.807, 2.05) is 38.2 Å². The van der Waals surface area contributed by atoms with Crippen LogP contribution in [0.4, 0.5) is 5.69 Å². The molecule has 0 aliphatic rings. The number of benzene rings is 1. The molecule has 0 bridgehead atoms. The van der Waals surface area contributed by atoms with Crippen LogP contribution in [0.1, 0.15) is 6.92 Å². The maximum absolute atomic E-state index is 8.60. The molecule has 0 aliphatic heterocycles. The Morgan fingerprint density at radius 2 is 2.00 bits per heavy atom. The van der Waals surface area contributed by atoms with Crippen LogP contribution in [0.25, 0.3) is 0 Å². The zero-order valence-corrected chi connectivity index (χ0v) is 10.6. The van der Waals surface area contributed by atoms with Crippen molar-refractivity contribution in [2.45, 2.75) is 6.92 Å². The second-order valence-electron chi connectivity index (χ2n) is 3.66. The molecule has 0 fully saturated rings. The average molecular weight is 239 g/mol. The molecular weight excluding hydrogens is 218 g/mol. The van der Waals surface area contributed by atoms with E-state index in [1.54, 1.807) is 0 Å². The lowest BCUT2D eigenvalue weighted by atomic mass is 10.2. The summed E-state index contributed by atoms with van der Waals surface area (Å²) >= 11 is 0. The topological polar surface area (TPSA) is 41.9 Å². The van der Waals surface area contributed by atoms with Crippen LogP contribution in [0.15, 0.2) is 24.3 Å². The van der Waals surface area contributed by atoms with Gasteiger partial charge in [0.05, 0.1) is 32.1 Å². The minimum Gasteiger partial charge on any atom is -0.492 e. The Hall–Kier alpha value is -1.26. The Kier molecular flexibility index (Phi) is 6.43. The summed E-state index contributed by atoms with van der Waals surface area (Å²) in [5, 5.41) is 8.60. The van der Waals surface area contributed by atoms with E-state index in [4.69, 9.17) is 14.6 Å². The smallest absolute Gasteiger partial charge is 0.142 e. The fraction of sp³-hybridized carbons (Fsp3) is 0.538. The molecule has 17 heavy (non-hydrogen) atoms. The number of aliphatic hydroxyl groups excluding tert-OH is 1.